The summed E-state index contributed by atoms with van der Waals surface area (Å²) in [5.74, 6) is 1.98. The summed E-state index contributed by atoms with van der Waals surface area (Å²) in [7, 11) is 0. The first-order valence-corrected chi connectivity index (χ1v) is 18.6. The summed E-state index contributed by atoms with van der Waals surface area (Å²) < 4.78 is 7.37. The zero-order valence-corrected chi connectivity index (χ0v) is 28.7. The molecule has 0 aliphatic rings. The van der Waals surface area contributed by atoms with E-state index in [2.05, 4.69) is 162 Å². The molecule has 0 aliphatic carbocycles. The molecule has 0 aliphatic heterocycles. The van der Waals surface area contributed by atoms with Crippen molar-refractivity contribution < 1.29 is 0 Å². The maximum atomic E-state index is 5.20. The molecule has 0 unspecified atom stereocenters. The predicted molar refractivity (Wildman–Crippen MR) is 216 cm³/mol. The van der Waals surface area contributed by atoms with Gasteiger partial charge in [-0.25, -0.2) is 15.0 Å². The third-order valence-corrected chi connectivity index (χ3v) is 12.1. The van der Waals surface area contributed by atoms with Crippen LogP contribution >= 0.6 is 22.7 Å². The summed E-state index contributed by atoms with van der Waals surface area (Å²) in [5, 5.41) is 7.36. The Morgan fingerprint density at radius 1 is 0.333 bits per heavy atom. The van der Waals surface area contributed by atoms with Crippen molar-refractivity contribution in [2.75, 3.05) is 0 Å². The molecule has 4 nitrogen and oxygen atoms in total. The smallest absolute Gasteiger partial charge is 0.164 e. The van der Waals surface area contributed by atoms with E-state index in [1.165, 1.54) is 51.2 Å². The normalized spacial score (nSPS) is 11.9. The van der Waals surface area contributed by atoms with Crippen LogP contribution in [0.15, 0.2) is 158 Å². The summed E-state index contributed by atoms with van der Waals surface area (Å²) in [5.41, 5.74) is 6.34. The highest BCUT2D eigenvalue weighted by atomic mass is 32.1. The molecule has 11 rings (SSSR count). The molecule has 4 heterocycles. The highest BCUT2D eigenvalue weighted by molar-refractivity contribution is 7.26. The summed E-state index contributed by atoms with van der Waals surface area (Å²) in [6, 6.07) is 56.1. The number of nitrogens with zero attached hydrogens (tertiary/aromatic N) is 4. The minimum atomic E-state index is 0.653. The zero-order valence-electron chi connectivity index (χ0n) is 27.1. The highest BCUT2D eigenvalue weighted by Crippen LogP contribution is 2.39. The van der Waals surface area contributed by atoms with Gasteiger partial charge in [-0.2, -0.15) is 0 Å². The van der Waals surface area contributed by atoms with Crippen LogP contribution in [0.25, 0.3) is 102 Å². The SMILES string of the molecule is c1ccc(-n2c3ccccc3c3cc(-c4nc(-c5ccc6c(c5)sc5ccccc56)nc(-c5ccc6sc7ccccc7c6c5)n4)ccc32)cc1. The number of aromatic nitrogens is 4. The molecule has 0 bridgehead atoms. The van der Waals surface area contributed by atoms with Crippen LogP contribution < -0.4 is 0 Å². The Hall–Kier alpha value is -6.21. The minimum absolute atomic E-state index is 0.653. The van der Waals surface area contributed by atoms with Crippen molar-refractivity contribution in [1.29, 1.82) is 0 Å². The fourth-order valence-electron chi connectivity index (χ4n) is 7.46. The second-order valence-corrected chi connectivity index (χ2v) is 15.0. The molecule has 0 atom stereocenters. The van der Waals surface area contributed by atoms with Gasteiger partial charge in [0.25, 0.3) is 0 Å². The molecule has 0 radical (unpaired) electrons. The molecular formula is C45H26N4S2. The van der Waals surface area contributed by atoms with Crippen LogP contribution in [-0.4, -0.2) is 19.5 Å². The van der Waals surface area contributed by atoms with Crippen molar-refractivity contribution in [3.8, 4) is 39.9 Å². The lowest BCUT2D eigenvalue weighted by Crippen LogP contribution is -2.00. The summed E-state index contributed by atoms with van der Waals surface area (Å²) >= 11 is 3.62. The standard InChI is InChI=1S/C45H26N4S2/c1-2-10-30(11-3-1)49-37-15-7-4-12-31(37)35-24-27(19-22-38(35)49)43-46-44(28-20-23-41-36(25-28)33-14-6-9-17-40(33)50-41)48-45(47-43)29-18-21-34-32-13-5-8-16-39(32)51-42(34)26-29/h1-26H. The molecule has 51 heavy (non-hydrogen) atoms. The molecule has 11 aromatic rings. The van der Waals surface area contributed by atoms with Gasteiger partial charge < -0.3 is 4.57 Å². The lowest BCUT2D eigenvalue weighted by atomic mass is 10.1. The molecule has 0 saturated heterocycles. The maximum absolute atomic E-state index is 5.20. The summed E-state index contributed by atoms with van der Waals surface area (Å²) in [6.45, 7) is 0. The van der Waals surface area contributed by atoms with Gasteiger partial charge in [-0.05, 0) is 72.8 Å². The Bertz CT molecular complexity index is 3150. The lowest BCUT2D eigenvalue weighted by Gasteiger charge is -2.10. The van der Waals surface area contributed by atoms with E-state index in [1.807, 2.05) is 11.3 Å². The van der Waals surface area contributed by atoms with E-state index in [0.29, 0.717) is 17.5 Å². The third-order valence-electron chi connectivity index (χ3n) is 9.85. The zero-order chi connectivity index (χ0) is 33.5. The van der Waals surface area contributed by atoms with Crippen LogP contribution in [0.1, 0.15) is 0 Å². The topological polar surface area (TPSA) is 43.6 Å². The molecule has 238 valence electrons. The van der Waals surface area contributed by atoms with E-state index in [4.69, 9.17) is 15.0 Å². The number of hydrogen-bond acceptors (Lipinski definition) is 5. The van der Waals surface area contributed by atoms with Crippen molar-refractivity contribution in [3.63, 3.8) is 0 Å². The number of rotatable bonds is 4. The van der Waals surface area contributed by atoms with Crippen molar-refractivity contribution in [2.45, 2.75) is 0 Å². The quantitative estimate of drug-likeness (QED) is 0.185. The van der Waals surface area contributed by atoms with Gasteiger partial charge >= 0.3 is 0 Å². The predicted octanol–water partition coefficient (Wildman–Crippen LogP) is 12.7. The van der Waals surface area contributed by atoms with Crippen LogP contribution in [0, 0.1) is 0 Å². The molecule has 6 heteroatoms. The van der Waals surface area contributed by atoms with Gasteiger partial charge in [0, 0.05) is 73.5 Å². The second kappa shape index (κ2) is 11.2. The van der Waals surface area contributed by atoms with Crippen LogP contribution in [0.3, 0.4) is 0 Å². The molecule has 0 fully saturated rings. The van der Waals surface area contributed by atoms with Gasteiger partial charge in [-0.1, -0.05) is 84.9 Å². The summed E-state index contributed by atoms with van der Waals surface area (Å²) in [6.07, 6.45) is 0. The lowest BCUT2D eigenvalue weighted by molar-refractivity contribution is 1.08. The first-order valence-electron chi connectivity index (χ1n) is 16.9. The third kappa shape index (κ3) is 4.54. The monoisotopic (exact) mass is 686 g/mol. The van der Waals surface area contributed by atoms with E-state index in [0.717, 1.165) is 33.3 Å². The van der Waals surface area contributed by atoms with Crippen molar-refractivity contribution in [3.05, 3.63) is 158 Å². The number of para-hydroxylation sites is 2. The first kappa shape index (κ1) is 28.6. The van der Waals surface area contributed by atoms with Crippen molar-refractivity contribution >= 4 is 84.8 Å². The minimum Gasteiger partial charge on any atom is -0.309 e. The largest absolute Gasteiger partial charge is 0.309 e. The van der Waals surface area contributed by atoms with E-state index >= 15 is 0 Å². The molecule has 0 saturated carbocycles. The Balaban J connectivity index is 1.14. The van der Waals surface area contributed by atoms with Gasteiger partial charge in [0.2, 0.25) is 0 Å². The van der Waals surface area contributed by atoms with Gasteiger partial charge in [-0.3, -0.25) is 0 Å². The Kier molecular flexibility index (Phi) is 6.26. The molecule has 0 N–H and O–H groups in total. The van der Waals surface area contributed by atoms with Gasteiger partial charge in [0.15, 0.2) is 17.5 Å². The van der Waals surface area contributed by atoms with Crippen molar-refractivity contribution in [2.24, 2.45) is 0 Å². The number of thiophene rings is 2. The Morgan fingerprint density at radius 3 is 1.57 bits per heavy atom. The van der Waals surface area contributed by atoms with E-state index < -0.39 is 0 Å². The average Bonchev–Trinajstić information content (AvgIpc) is 3.86. The average molecular weight is 687 g/mol. The second-order valence-electron chi connectivity index (χ2n) is 12.8. The molecular weight excluding hydrogens is 661 g/mol. The number of benzene rings is 7. The van der Waals surface area contributed by atoms with E-state index in [9.17, 15) is 0 Å². The molecule has 0 spiro atoms. The van der Waals surface area contributed by atoms with Gasteiger partial charge in [-0.15, -0.1) is 22.7 Å². The summed E-state index contributed by atoms with van der Waals surface area (Å²) in [4.78, 5) is 15.6. The molecule has 0 amide bonds. The highest BCUT2D eigenvalue weighted by Gasteiger charge is 2.18. The van der Waals surface area contributed by atoms with Gasteiger partial charge in [0.05, 0.1) is 11.0 Å². The van der Waals surface area contributed by atoms with Gasteiger partial charge in [0.1, 0.15) is 0 Å². The fourth-order valence-corrected chi connectivity index (χ4v) is 9.69. The maximum Gasteiger partial charge on any atom is 0.164 e. The van der Waals surface area contributed by atoms with Crippen LogP contribution in [0.5, 0.6) is 0 Å². The number of hydrogen-bond donors (Lipinski definition) is 0. The van der Waals surface area contributed by atoms with Crippen LogP contribution in [0.2, 0.25) is 0 Å². The van der Waals surface area contributed by atoms with Crippen molar-refractivity contribution in [1.82, 2.24) is 19.5 Å². The van der Waals surface area contributed by atoms with E-state index in [-0.39, 0.29) is 0 Å². The Labute approximate surface area is 300 Å². The van der Waals surface area contributed by atoms with E-state index in [1.54, 1.807) is 11.3 Å². The fraction of sp³-hybridized carbons (Fsp3) is 0. The number of fused-ring (bicyclic) bond motifs is 9. The van der Waals surface area contributed by atoms with Crippen LogP contribution in [0.4, 0.5) is 0 Å². The van der Waals surface area contributed by atoms with Crippen LogP contribution in [-0.2, 0) is 0 Å². The Morgan fingerprint density at radius 2 is 0.824 bits per heavy atom. The first-order chi connectivity index (χ1) is 25.2. The molecule has 7 aromatic carbocycles. The molecule has 4 aromatic heterocycles.